The second-order valence-corrected chi connectivity index (χ2v) is 8.07. The topological polar surface area (TPSA) is 18.5 Å². The molecule has 0 saturated carbocycles. The lowest BCUT2D eigenvalue weighted by Gasteiger charge is -2.40. The van der Waals surface area contributed by atoms with Crippen LogP contribution in [0, 0.1) is 6.92 Å². The zero-order chi connectivity index (χ0) is 19.8. The molecule has 2 nitrogen and oxygen atoms in total. The first-order valence-electron chi connectivity index (χ1n) is 10.6. The molecule has 0 N–H and O–H groups in total. The summed E-state index contributed by atoms with van der Waals surface area (Å²) in [6, 6.07) is 19.0. The van der Waals surface area contributed by atoms with E-state index in [0.717, 1.165) is 35.5 Å². The van der Waals surface area contributed by atoms with Gasteiger partial charge < -0.3 is 9.47 Å². The minimum Gasteiger partial charge on any atom is -0.444 e. The molecule has 2 aliphatic rings. The molecular weight excluding hydrogens is 356 g/mol. The Hall–Kier alpha value is -3.00. The van der Waals surface area contributed by atoms with E-state index in [1.165, 1.54) is 34.8 Å². The fourth-order valence-corrected chi connectivity index (χ4v) is 4.33. The van der Waals surface area contributed by atoms with E-state index in [9.17, 15) is 0 Å². The van der Waals surface area contributed by atoms with E-state index in [1.54, 1.807) is 0 Å². The molecule has 1 spiro atoms. The summed E-state index contributed by atoms with van der Waals surface area (Å²) >= 11 is 0. The van der Waals surface area contributed by atoms with Crippen LogP contribution in [-0.2, 0) is 0 Å². The van der Waals surface area contributed by atoms with E-state index in [-0.39, 0.29) is 0 Å². The van der Waals surface area contributed by atoms with E-state index in [2.05, 4.69) is 86.7 Å². The van der Waals surface area contributed by atoms with Crippen molar-refractivity contribution in [2.75, 3.05) is 0 Å². The average molecular weight is 383 g/mol. The predicted molar refractivity (Wildman–Crippen MR) is 120 cm³/mol. The van der Waals surface area contributed by atoms with Gasteiger partial charge in [0.15, 0.2) is 0 Å². The van der Waals surface area contributed by atoms with Crippen LogP contribution in [0.5, 0.6) is 11.5 Å². The molecule has 0 aliphatic carbocycles. The van der Waals surface area contributed by atoms with Crippen molar-refractivity contribution in [3.8, 4) is 11.5 Å². The fraction of sp³-hybridized carbons (Fsp3) is 0.259. The molecule has 0 amide bonds. The zero-order valence-corrected chi connectivity index (χ0v) is 17.1. The van der Waals surface area contributed by atoms with Gasteiger partial charge in [0.25, 0.3) is 5.79 Å². The van der Waals surface area contributed by atoms with Crippen LogP contribution < -0.4 is 9.47 Å². The lowest BCUT2D eigenvalue weighted by molar-refractivity contribution is -0.0437. The third-order valence-electron chi connectivity index (χ3n) is 5.92. The smallest absolute Gasteiger partial charge is 0.294 e. The van der Waals surface area contributed by atoms with Gasteiger partial charge in [-0.05, 0) is 60.4 Å². The number of benzene rings is 3. The van der Waals surface area contributed by atoms with Gasteiger partial charge in [0, 0.05) is 22.8 Å². The van der Waals surface area contributed by atoms with Crippen molar-refractivity contribution in [2.24, 2.45) is 0 Å². The first-order valence-corrected chi connectivity index (χ1v) is 10.6. The highest BCUT2D eigenvalue weighted by molar-refractivity contribution is 5.94. The van der Waals surface area contributed by atoms with Crippen molar-refractivity contribution in [3.05, 3.63) is 82.9 Å². The summed E-state index contributed by atoms with van der Waals surface area (Å²) < 4.78 is 13.2. The molecule has 2 aliphatic heterocycles. The molecule has 5 rings (SSSR count). The molecule has 29 heavy (non-hydrogen) atoms. The molecule has 3 aromatic carbocycles. The Balaban J connectivity index is 1.59. The van der Waals surface area contributed by atoms with E-state index in [4.69, 9.17) is 9.47 Å². The van der Waals surface area contributed by atoms with Crippen LogP contribution in [-0.4, -0.2) is 5.79 Å². The van der Waals surface area contributed by atoms with Crippen LogP contribution in [0.25, 0.3) is 22.9 Å². The minimum absolute atomic E-state index is 0.857. The predicted octanol–water partition coefficient (Wildman–Crippen LogP) is 7.31. The second-order valence-electron chi connectivity index (χ2n) is 8.07. The maximum atomic E-state index is 6.63. The Kier molecular flexibility index (Phi) is 4.43. The van der Waals surface area contributed by atoms with Crippen molar-refractivity contribution in [3.63, 3.8) is 0 Å². The Labute approximate surface area is 172 Å². The quantitative estimate of drug-likeness (QED) is 0.441. The van der Waals surface area contributed by atoms with E-state index in [0.29, 0.717) is 0 Å². The van der Waals surface area contributed by atoms with Gasteiger partial charge in [-0.3, -0.25) is 0 Å². The van der Waals surface area contributed by atoms with Gasteiger partial charge >= 0.3 is 0 Å². The number of ether oxygens (including phenoxy) is 2. The summed E-state index contributed by atoms with van der Waals surface area (Å²) in [5, 5.41) is 2.43. The van der Waals surface area contributed by atoms with Gasteiger partial charge in [-0.1, -0.05) is 62.2 Å². The molecule has 146 valence electrons. The Morgan fingerprint density at radius 1 is 0.897 bits per heavy atom. The highest BCUT2D eigenvalue weighted by atomic mass is 16.7. The molecule has 0 saturated heterocycles. The highest BCUT2D eigenvalue weighted by Crippen LogP contribution is 2.45. The van der Waals surface area contributed by atoms with Crippen LogP contribution in [0.2, 0.25) is 0 Å². The monoisotopic (exact) mass is 382 g/mol. The maximum absolute atomic E-state index is 6.63. The van der Waals surface area contributed by atoms with Crippen LogP contribution in [0.1, 0.15) is 49.3 Å². The van der Waals surface area contributed by atoms with Gasteiger partial charge in [0.2, 0.25) is 0 Å². The number of hydrogen-bond donors (Lipinski definition) is 0. The number of fused-ring (bicyclic) bond motifs is 4. The molecule has 0 bridgehead atoms. The Morgan fingerprint density at radius 2 is 1.76 bits per heavy atom. The second kappa shape index (κ2) is 7.11. The third-order valence-corrected chi connectivity index (χ3v) is 5.92. The molecule has 1 unspecified atom stereocenters. The average Bonchev–Trinajstić information content (AvgIpc) is 2.74. The number of aryl methyl sites for hydroxylation is 1. The summed E-state index contributed by atoms with van der Waals surface area (Å²) in [6.45, 7) is 4.33. The van der Waals surface area contributed by atoms with Gasteiger partial charge in [0.05, 0.1) is 0 Å². The van der Waals surface area contributed by atoms with Crippen LogP contribution in [0.15, 0.2) is 66.2 Å². The van der Waals surface area contributed by atoms with Gasteiger partial charge in [0.1, 0.15) is 11.5 Å². The standard InChI is InChI=1S/C27H26O2/c1-3-4-5-9-22-18-21-12-11-19(2)17-26(21)29-27(22)16-15-24-23-10-7-6-8-20(23)13-14-25(24)28-27/h6-8,10-18H,3-5,9H2,1-2H3. The van der Waals surface area contributed by atoms with Crippen molar-refractivity contribution in [1.29, 1.82) is 0 Å². The first kappa shape index (κ1) is 18.1. The SMILES string of the molecule is CCCCCC1=Cc2ccc(C)cc2OC12C=Cc1c(ccc3ccccc13)O2. The Bertz CT molecular complexity index is 1140. The summed E-state index contributed by atoms with van der Waals surface area (Å²) in [5.74, 6) is 0.908. The molecule has 0 aromatic heterocycles. The lowest BCUT2D eigenvalue weighted by Crippen LogP contribution is -2.45. The molecule has 3 aromatic rings. The lowest BCUT2D eigenvalue weighted by atomic mass is 9.90. The number of unbranched alkanes of at least 4 members (excludes halogenated alkanes) is 2. The summed E-state index contributed by atoms with van der Waals surface area (Å²) in [4.78, 5) is 0. The molecule has 2 heteroatoms. The van der Waals surface area contributed by atoms with Crippen molar-refractivity contribution < 1.29 is 9.47 Å². The Morgan fingerprint density at radius 3 is 2.66 bits per heavy atom. The zero-order valence-electron chi connectivity index (χ0n) is 17.1. The fourth-order valence-electron chi connectivity index (χ4n) is 4.33. The van der Waals surface area contributed by atoms with Gasteiger partial charge in [-0.2, -0.15) is 0 Å². The molecule has 1 atom stereocenters. The van der Waals surface area contributed by atoms with E-state index in [1.807, 2.05) is 0 Å². The van der Waals surface area contributed by atoms with Crippen molar-refractivity contribution in [1.82, 2.24) is 0 Å². The first-order chi connectivity index (χ1) is 14.2. The molecule has 0 fully saturated rings. The largest absolute Gasteiger partial charge is 0.444 e. The van der Waals surface area contributed by atoms with Crippen LogP contribution in [0.3, 0.4) is 0 Å². The molecule has 2 heterocycles. The highest BCUT2D eigenvalue weighted by Gasteiger charge is 2.42. The maximum Gasteiger partial charge on any atom is 0.294 e. The third kappa shape index (κ3) is 3.13. The summed E-state index contributed by atoms with van der Waals surface area (Å²) in [7, 11) is 0. The van der Waals surface area contributed by atoms with Gasteiger partial charge in [-0.25, -0.2) is 0 Å². The summed E-state index contributed by atoms with van der Waals surface area (Å²) in [6.07, 6.45) is 11.1. The summed E-state index contributed by atoms with van der Waals surface area (Å²) in [5.41, 5.74) is 4.64. The number of hydrogen-bond acceptors (Lipinski definition) is 2. The van der Waals surface area contributed by atoms with Crippen LogP contribution in [0.4, 0.5) is 0 Å². The normalized spacial score (nSPS) is 19.3. The van der Waals surface area contributed by atoms with Crippen molar-refractivity contribution in [2.45, 2.75) is 45.3 Å². The van der Waals surface area contributed by atoms with Crippen molar-refractivity contribution >= 4 is 22.9 Å². The van der Waals surface area contributed by atoms with Gasteiger partial charge in [-0.15, -0.1) is 0 Å². The minimum atomic E-state index is -0.857. The number of rotatable bonds is 4. The van der Waals surface area contributed by atoms with E-state index < -0.39 is 5.79 Å². The molecular formula is C27H26O2. The molecule has 0 radical (unpaired) electrons. The van der Waals surface area contributed by atoms with E-state index >= 15 is 0 Å². The van der Waals surface area contributed by atoms with Crippen LogP contribution >= 0.6 is 0 Å².